The maximum atomic E-state index is 12.7. The van der Waals surface area contributed by atoms with E-state index in [-0.39, 0.29) is 17.5 Å². The smallest absolute Gasteiger partial charge is 0.272 e. The lowest BCUT2D eigenvalue weighted by atomic mass is 10.2. The van der Waals surface area contributed by atoms with E-state index in [9.17, 15) is 9.59 Å². The number of rotatable bonds is 8. The SMILES string of the molecule is CCCN(CCC)C(=O)c1cc(C(=O)Nc2cccc(OC)c2)ccn1. The summed E-state index contributed by atoms with van der Waals surface area (Å²) in [5.74, 6) is 0.208. The number of nitrogens with one attached hydrogen (secondary N) is 1. The third-order valence-electron chi connectivity index (χ3n) is 3.84. The van der Waals surface area contributed by atoms with E-state index in [1.54, 1.807) is 42.3 Å². The Morgan fingerprint density at radius 3 is 2.50 bits per heavy atom. The van der Waals surface area contributed by atoms with Gasteiger partial charge in [0, 0.05) is 36.6 Å². The number of carbonyl (C=O) groups is 2. The molecule has 0 saturated carbocycles. The van der Waals surface area contributed by atoms with E-state index in [4.69, 9.17) is 4.74 Å². The first-order valence-corrected chi connectivity index (χ1v) is 8.79. The number of benzene rings is 1. The molecule has 0 aliphatic rings. The Balaban J connectivity index is 2.16. The van der Waals surface area contributed by atoms with Crippen molar-refractivity contribution in [3.05, 3.63) is 53.9 Å². The zero-order valence-electron chi connectivity index (χ0n) is 15.5. The van der Waals surface area contributed by atoms with E-state index in [2.05, 4.69) is 10.3 Å². The molecule has 0 aliphatic heterocycles. The van der Waals surface area contributed by atoms with Crippen LogP contribution in [-0.2, 0) is 0 Å². The van der Waals surface area contributed by atoms with Crippen molar-refractivity contribution < 1.29 is 14.3 Å². The highest BCUT2D eigenvalue weighted by atomic mass is 16.5. The van der Waals surface area contributed by atoms with E-state index in [0.29, 0.717) is 30.1 Å². The van der Waals surface area contributed by atoms with Gasteiger partial charge in [-0.05, 0) is 37.1 Å². The minimum atomic E-state index is -0.299. The lowest BCUT2D eigenvalue weighted by Gasteiger charge is -2.21. The molecular formula is C20H25N3O3. The maximum absolute atomic E-state index is 12.7. The van der Waals surface area contributed by atoms with Crippen molar-refractivity contribution in [2.24, 2.45) is 0 Å². The highest BCUT2D eigenvalue weighted by Gasteiger charge is 2.17. The van der Waals surface area contributed by atoms with Crippen LogP contribution in [0, 0.1) is 0 Å². The molecule has 2 amide bonds. The highest BCUT2D eigenvalue weighted by Crippen LogP contribution is 2.17. The van der Waals surface area contributed by atoms with Gasteiger partial charge in [0.25, 0.3) is 11.8 Å². The van der Waals surface area contributed by atoms with E-state index in [1.807, 2.05) is 13.8 Å². The molecule has 2 aromatic rings. The Bertz CT molecular complexity index is 755. The minimum absolute atomic E-state index is 0.148. The fourth-order valence-corrected chi connectivity index (χ4v) is 2.61. The molecule has 1 aromatic carbocycles. The molecule has 1 N–H and O–H groups in total. The van der Waals surface area contributed by atoms with Crippen LogP contribution in [0.5, 0.6) is 5.75 Å². The summed E-state index contributed by atoms with van der Waals surface area (Å²) < 4.78 is 5.15. The number of anilines is 1. The first kappa shape index (κ1) is 19.4. The monoisotopic (exact) mass is 355 g/mol. The molecule has 2 rings (SSSR count). The number of aromatic nitrogens is 1. The van der Waals surface area contributed by atoms with Gasteiger partial charge in [0.2, 0.25) is 0 Å². The van der Waals surface area contributed by atoms with Crippen LogP contribution in [0.15, 0.2) is 42.6 Å². The number of amides is 2. The lowest BCUT2D eigenvalue weighted by Crippen LogP contribution is -2.33. The van der Waals surface area contributed by atoms with Crippen LogP contribution in [-0.4, -0.2) is 41.9 Å². The molecule has 26 heavy (non-hydrogen) atoms. The van der Waals surface area contributed by atoms with Crippen molar-refractivity contribution in [2.75, 3.05) is 25.5 Å². The summed E-state index contributed by atoms with van der Waals surface area (Å²) in [6.07, 6.45) is 3.24. The van der Waals surface area contributed by atoms with Crippen LogP contribution >= 0.6 is 0 Å². The number of ether oxygens (including phenoxy) is 1. The van der Waals surface area contributed by atoms with Crippen molar-refractivity contribution in [3.8, 4) is 5.75 Å². The average Bonchev–Trinajstić information content (AvgIpc) is 2.67. The largest absolute Gasteiger partial charge is 0.497 e. The van der Waals surface area contributed by atoms with Crippen molar-refractivity contribution >= 4 is 17.5 Å². The summed E-state index contributed by atoms with van der Waals surface area (Å²) in [6, 6.07) is 10.2. The van der Waals surface area contributed by atoms with Gasteiger partial charge in [0.15, 0.2) is 0 Å². The first-order chi connectivity index (χ1) is 12.6. The number of pyridine rings is 1. The van der Waals surface area contributed by atoms with Crippen molar-refractivity contribution in [2.45, 2.75) is 26.7 Å². The molecule has 0 saturated heterocycles. The second kappa shape index (κ2) is 9.56. The van der Waals surface area contributed by atoms with Gasteiger partial charge in [-0.25, -0.2) is 0 Å². The molecule has 6 heteroatoms. The van der Waals surface area contributed by atoms with Gasteiger partial charge in [-0.2, -0.15) is 0 Å². The average molecular weight is 355 g/mol. The van der Waals surface area contributed by atoms with E-state index < -0.39 is 0 Å². The molecule has 0 aliphatic carbocycles. The van der Waals surface area contributed by atoms with Gasteiger partial charge in [-0.3, -0.25) is 14.6 Å². The van der Waals surface area contributed by atoms with E-state index >= 15 is 0 Å². The molecule has 0 radical (unpaired) electrons. The second-order valence-corrected chi connectivity index (χ2v) is 5.91. The summed E-state index contributed by atoms with van der Waals surface area (Å²) >= 11 is 0. The Morgan fingerprint density at radius 1 is 1.12 bits per heavy atom. The van der Waals surface area contributed by atoms with Gasteiger partial charge >= 0.3 is 0 Å². The van der Waals surface area contributed by atoms with E-state index in [1.165, 1.54) is 12.3 Å². The third-order valence-corrected chi connectivity index (χ3v) is 3.84. The highest BCUT2D eigenvalue weighted by molar-refractivity contribution is 6.05. The van der Waals surface area contributed by atoms with Gasteiger partial charge in [-0.1, -0.05) is 19.9 Å². The number of hydrogen-bond donors (Lipinski definition) is 1. The minimum Gasteiger partial charge on any atom is -0.497 e. The number of methoxy groups -OCH3 is 1. The third kappa shape index (κ3) is 5.05. The van der Waals surface area contributed by atoms with Crippen LogP contribution in [0.4, 0.5) is 5.69 Å². The quantitative estimate of drug-likeness (QED) is 0.785. The first-order valence-electron chi connectivity index (χ1n) is 8.79. The molecule has 6 nitrogen and oxygen atoms in total. The summed E-state index contributed by atoms with van der Waals surface area (Å²) in [5, 5.41) is 2.81. The van der Waals surface area contributed by atoms with Crippen molar-refractivity contribution in [1.29, 1.82) is 0 Å². The molecule has 1 aromatic heterocycles. The number of hydrogen-bond acceptors (Lipinski definition) is 4. The van der Waals surface area contributed by atoms with Crippen LogP contribution in [0.25, 0.3) is 0 Å². The number of carbonyl (C=O) groups excluding carboxylic acids is 2. The van der Waals surface area contributed by atoms with Gasteiger partial charge < -0.3 is 15.0 Å². The molecule has 1 heterocycles. The number of nitrogens with zero attached hydrogens (tertiary/aromatic N) is 2. The van der Waals surface area contributed by atoms with Crippen LogP contribution in [0.1, 0.15) is 47.5 Å². The van der Waals surface area contributed by atoms with Gasteiger partial charge in [-0.15, -0.1) is 0 Å². The molecular weight excluding hydrogens is 330 g/mol. The van der Waals surface area contributed by atoms with Crippen LogP contribution in [0.2, 0.25) is 0 Å². The summed E-state index contributed by atoms with van der Waals surface area (Å²) in [7, 11) is 1.57. The second-order valence-electron chi connectivity index (χ2n) is 5.91. The fraction of sp³-hybridized carbons (Fsp3) is 0.350. The predicted octanol–water partition coefficient (Wildman–Crippen LogP) is 3.60. The van der Waals surface area contributed by atoms with Gasteiger partial charge in [0.05, 0.1) is 7.11 Å². The zero-order chi connectivity index (χ0) is 18.9. The Kier molecular flexibility index (Phi) is 7.14. The van der Waals surface area contributed by atoms with Crippen molar-refractivity contribution in [1.82, 2.24) is 9.88 Å². The van der Waals surface area contributed by atoms with Crippen molar-refractivity contribution in [3.63, 3.8) is 0 Å². The standard InChI is InChI=1S/C20H25N3O3/c1-4-11-23(12-5-2)20(25)18-13-15(9-10-21-18)19(24)22-16-7-6-8-17(14-16)26-3/h6-10,13-14H,4-5,11-12H2,1-3H3,(H,22,24). The summed E-state index contributed by atoms with van der Waals surface area (Å²) in [6.45, 7) is 5.41. The molecule has 0 unspecified atom stereocenters. The molecule has 0 fully saturated rings. The zero-order valence-corrected chi connectivity index (χ0v) is 15.5. The maximum Gasteiger partial charge on any atom is 0.272 e. The fourth-order valence-electron chi connectivity index (χ4n) is 2.61. The van der Waals surface area contributed by atoms with E-state index in [0.717, 1.165) is 12.8 Å². The van der Waals surface area contributed by atoms with Gasteiger partial charge in [0.1, 0.15) is 11.4 Å². The molecule has 0 bridgehead atoms. The topological polar surface area (TPSA) is 71.5 Å². The Labute approximate surface area is 154 Å². The normalized spacial score (nSPS) is 10.3. The molecule has 138 valence electrons. The summed E-state index contributed by atoms with van der Waals surface area (Å²) in [5.41, 5.74) is 1.29. The Hall–Kier alpha value is -2.89. The molecule has 0 spiro atoms. The van der Waals surface area contributed by atoms with Crippen LogP contribution < -0.4 is 10.1 Å². The lowest BCUT2D eigenvalue weighted by molar-refractivity contribution is 0.0749. The Morgan fingerprint density at radius 2 is 1.85 bits per heavy atom. The van der Waals surface area contributed by atoms with Crippen LogP contribution in [0.3, 0.4) is 0 Å². The molecule has 0 atom stereocenters. The summed E-state index contributed by atoms with van der Waals surface area (Å²) in [4.78, 5) is 31.1. The predicted molar refractivity (Wildman–Crippen MR) is 102 cm³/mol.